The lowest BCUT2D eigenvalue weighted by molar-refractivity contribution is 0.0521. The van der Waals surface area contributed by atoms with Gasteiger partial charge < -0.3 is 10.4 Å². The molecule has 3 aromatic rings. The Balaban J connectivity index is 1.58. The molecule has 2 N–H and O–H groups in total. The minimum absolute atomic E-state index is 0.0476. The van der Waals surface area contributed by atoms with Crippen LogP contribution >= 0.6 is 11.6 Å². The zero-order valence-electron chi connectivity index (χ0n) is 14.4. The number of rotatable bonds is 3. The molecule has 2 fully saturated rings. The number of hydrogen-bond donors (Lipinski definition) is 2. The summed E-state index contributed by atoms with van der Waals surface area (Å²) in [6.45, 7) is 0. The van der Waals surface area contributed by atoms with Gasteiger partial charge in [0.05, 0.1) is 5.60 Å². The third kappa shape index (κ3) is 2.56. The molecule has 5 rings (SSSR count). The molecule has 0 radical (unpaired) electrons. The number of nitrogens with zero attached hydrogens (tertiary/aromatic N) is 2. The van der Waals surface area contributed by atoms with Crippen LogP contribution in [-0.4, -0.2) is 26.4 Å². The molecule has 0 unspecified atom stereocenters. The molecular formula is C21H20ClN3O. The van der Waals surface area contributed by atoms with Crippen LogP contribution in [0.15, 0.2) is 48.5 Å². The van der Waals surface area contributed by atoms with E-state index in [1.807, 2.05) is 36.4 Å². The smallest absolute Gasteiger partial charge is 0.157 e. The number of halogens is 1. The van der Waals surface area contributed by atoms with Crippen LogP contribution in [0.25, 0.3) is 22.0 Å². The summed E-state index contributed by atoms with van der Waals surface area (Å²) in [7, 11) is 0. The number of fused-ring (bicyclic) bond motifs is 3. The summed E-state index contributed by atoms with van der Waals surface area (Å²) in [6, 6.07) is 15.9. The molecule has 0 spiro atoms. The highest BCUT2D eigenvalue weighted by molar-refractivity contribution is 6.30. The van der Waals surface area contributed by atoms with Crippen LogP contribution in [0.4, 0.5) is 5.82 Å². The second kappa shape index (κ2) is 5.66. The van der Waals surface area contributed by atoms with E-state index >= 15 is 0 Å². The molecule has 2 saturated carbocycles. The molecule has 2 aromatic carbocycles. The zero-order chi connectivity index (χ0) is 17.8. The van der Waals surface area contributed by atoms with Crippen molar-refractivity contribution in [3.63, 3.8) is 0 Å². The third-order valence-electron chi connectivity index (χ3n) is 5.99. The predicted molar refractivity (Wildman–Crippen MR) is 104 cm³/mol. The molecule has 1 heterocycles. The lowest BCUT2D eigenvalue weighted by Crippen LogP contribution is -2.33. The van der Waals surface area contributed by atoms with Crippen molar-refractivity contribution in [1.82, 2.24) is 10.2 Å². The van der Waals surface area contributed by atoms with E-state index in [2.05, 4.69) is 27.6 Å². The maximum absolute atomic E-state index is 10.5. The van der Waals surface area contributed by atoms with Crippen LogP contribution in [0.1, 0.15) is 32.1 Å². The van der Waals surface area contributed by atoms with Crippen molar-refractivity contribution >= 4 is 28.2 Å². The fraction of sp³-hybridized carbons (Fsp3) is 0.333. The highest BCUT2D eigenvalue weighted by atomic mass is 35.5. The van der Waals surface area contributed by atoms with Crippen molar-refractivity contribution in [2.24, 2.45) is 0 Å². The van der Waals surface area contributed by atoms with Gasteiger partial charge in [0.2, 0.25) is 0 Å². The van der Waals surface area contributed by atoms with Gasteiger partial charge in [-0.25, -0.2) is 0 Å². The molecule has 132 valence electrons. The van der Waals surface area contributed by atoms with E-state index in [1.165, 1.54) is 0 Å². The maximum Gasteiger partial charge on any atom is 0.157 e. The maximum atomic E-state index is 10.5. The lowest BCUT2D eigenvalue weighted by atomic mass is 9.92. The Morgan fingerprint density at radius 2 is 1.58 bits per heavy atom. The van der Waals surface area contributed by atoms with Gasteiger partial charge in [0.25, 0.3) is 0 Å². The van der Waals surface area contributed by atoms with E-state index in [1.54, 1.807) is 0 Å². The van der Waals surface area contributed by atoms with E-state index in [-0.39, 0.29) is 5.54 Å². The van der Waals surface area contributed by atoms with Crippen LogP contribution in [0.2, 0.25) is 5.02 Å². The number of hydrogen-bond acceptors (Lipinski definition) is 4. The van der Waals surface area contributed by atoms with Crippen molar-refractivity contribution in [2.45, 2.75) is 43.2 Å². The first-order valence-corrected chi connectivity index (χ1v) is 9.46. The van der Waals surface area contributed by atoms with Crippen molar-refractivity contribution in [3.8, 4) is 11.3 Å². The molecule has 0 atom stereocenters. The summed E-state index contributed by atoms with van der Waals surface area (Å²) in [5.41, 5.74) is 1.32. The summed E-state index contributed by atoms with van der Waals surface area (Å²) in [5.74, 6) is 0.810. The summed E-state index contributed by atoms with van der Waals surface area (Å²) in [6.07, 6.45) is 4.51. The number of nitrogens with one attached hydrogen (secondary N) is 1. The Hall–Kier alpha value is -2.17. The minimum atomic E-state index is -0.487. The van der Waals surface area contributed by atoms with Gasteiger partial charge in [-0.3, -0.25) is 0 Å². The monoisotopic (exact) mass is 365 g/mol. The van der Waals surface area contributed by atoms with E-state index in [9.17, 15) is 5.11 Å². The van der Waals surface area contributed by atoms with Crippen LogP contribution in [0, 0.1) is 0 Å². The molecule has 0 aliphatic heterocycles. The fourth-order valence-corrected chi connectivity index (χ4v) is 4.74. The van der Waals surface area contributed by atoms with Crippen LogP contribution in [0.5, 0.6) is 0 Å². The zero-order valence-corrected chi connectivity index (χ0v) is 15.1. The Kier molecular flexibility index (Phi) is 3.49. The summed E-state index contributed by atoms with van der Waals surface area (Å²) in [4.78, 5) is 0. The van der Waals surface area contributed by atoms with Gasteiger partial charge in [-0.1, -0.05) is 48.0 Å². The van der Waals surface area contributed by atoms with Crippen molar-refractivity contribution in [3.05, 3.63) is 53.6 Å². The first kappa shape index (κ1) is 16.0. The molecular weight excluding hydrogens is 346 g/mol. The topological polar surface area (TPSA) is 58.0 Å². The molecule has 2 bridgehead atoms. The standard InChI is InChI=1S/C21H20ClN3O/c22-15-7-5-14(6-8-15)18-16-3-1-2-4-17(16)19(25-24-18)23-20-9-11-21(26,13-20)12-10-20/h1-8,26H,9-13H2,(H,23,25). The first-order valence-electron chi connectivity index (χ1n) is 9.08. The van der Waals surface area contributed by atoms with Crippen molar-refractivity contribution in [2.75, 3.05) is 5.32 Å². The van der Waals surface area contributed by atoms with Crippen LogP contribution in [0.3, 0.4) is 0 Å². The number of aliphatic hydroxyl groups is 1. The Labute approximate surface area is 157 Å². The van der Waals surface area contributed by atoms with E-state index in [0.29, 0.717) is 5.02 Å². The number of benzene rings is 2. The van der Waals surface area contributed by atoms with Gasteiger partial charge in [0.15, 0.2) is 5.82 Å². The number of anilines is 1. The minimum Gasteiger partial charge on any atom is -0.390 e. The Morgan fingerprint density at radius 3 is 2.23 bits per heavy atom. The van der Waals surface area contributed by atoms with Gasteiger partial charge in [-0.2, -0.15) is 0 Å². The molecule has 4 nitrogen and oxygen atoms in total. The van der Waals surface area contributed by atoms with Gasteiger partial charge in [-0.05, 0) is 44.2 Å². The van der Waals surface area contributed by atoms with Gasteiger partial charge in [0.1, 0.15) is 5.69 Å². The molecule has 2 aliphatic rings. The average molecular weight is 366 g/mol. The molecule has 0 amide bonds. The largest absolute Gasteiger partial charge is 0.390 e. The van der Waals surface area contributed by atoms with E-state index < -0.39 is 5.60 Å². The molecule has 1 aromatic heterocycles. The van der Waals surface area contributed by atoms with Crippen molar-refractivity contribution in [1.29, 1.82) is 0 Å². The highest BCUT2D eigenvalue weighted by Gasteiger charge is 2.53. The molecule has 5 heteroatoms. The summed E-state index contributed by atoms with van der Waals surface area (Å²) < 4.78 is 0. The Bertz CT molecular complexity index is 978. The highest BCUT2D eigenvalue weighted by Crippen LogP contribution is 2.52. The predicted octanol–water partition coefficient (Wildman–Crippen LogP) is 4.81. The van der Waals surface area contributed by atoms with E-state index in [4.69, 9.17) is 11.6 Å². The van der Waals surface area contributed by atoms with Crippen molar-refractivity contribution < 1.29 is 5.11 Å². The van der Waals surface area contributed by atoms with Gasteiger partial charge >= 0.3 is 0 Å². The summed E-state index contributed by atoms with van der Waals surface area (Å²) >= 11 is 6.02. The number of aromatic nitrogens is 2. The van der Waals surface area contributed by atoms with Crippen LogP contribution < -0.4 is 5.32 Å². The molecule has 2 aliphatic carbocycles. The average Bonchev–Trinajstić information content (AvgIpc) is 3.16. The third-order valence-corrected chi connectivity index (χ3v) is 6.25. The molecule has 0 saturated heterocycles. The lowest BCUT2D eigenvalue weighted by Gasteiger charge is -2.28. The van der Waals surface area contributed by atoms with Crippen LogP contribution in [-0.2, 0) is 0 Å². The fourth-order valence-electron chi connectivity index (χ4n) is 4.61. The first-order chi connectivity index (χ1) is 12.6. The SMILES string of the molecule is OC12CCC(Nc3nnc(-c4ccc(Cl)cc4)c4ccccc34)(CC1)C2. The van der Waals surface area contributed by atoms with E-state index in [0.717, 1.165) is 60.0 Å². The second-order valence-corrected chi connectivity index (χ2v) is 8.19. The normalized spacial score (nSPS) is 27.2. The quantitative estimate of drug-likeness (QED) is 0.699. The second-order valence-electron chi connectivity index (χ2n) is 7.76. The van der Waals surface area contributed by atoms with Gasteiger partial charge in [-0.15, -0.1) is 10.2 Å². The molecule has 26 heavy (non-hydrogen) atoms. The Morgan fingerprint density at radius 1 is 0.885 bits per heavy atom. The summed E-state index contributed by atoms with van der Waals surface area (Å²) in [5, 5.41) is 26.1. The van der Waals surface area contributed by atoms with Gasteiger partial charge in [0, 0.05) is 26.9 Å².